The maximum Gasteiger partial charge on any atom is 0.258 e. The highest BCUT2D eigenvalue weighted by Crippen LogP contribution is 2.39. The topological polar surface area (TPSA) is 202 Å². The van der Waals surface area contributed by atoms with Gasteiger partial charge in [0.15, 0.2) is 18.6 Å². The van der Waals surface area contributed by atoms with Crippen molar-refractivity contribution in [1.82, 2.24) is 40.6 Å². The summed E-state index contributed by atoms with van der Waals surface area (Å²) in [5.41, 5.74) is 9.43. The van der Waals surface area contributed by atoms with Crippen molar-refractivity contribution in [3.05, 3.63) is 123 Å². The third-order valence-corrected chi connectivity index (χ3v) is 14.7. The molecule has 0 bridgehead atoms. The van der Waals surface area contributed by atoms with E-state index in [1.165, 1.54) is 12.0 Å². The monoisotopic (exact) mass is 971 g/mol. The molecule has 8 rings (SSSR count). The number of nitrogens with one attached hydrogen (secondary N) is 3. The minimum Gasteiger partial charge on any atom is -0.484 e. The van der Waals surface area contributed by atoms with Crippen LogP contribution in [0.15, 0.2) is 83.3 Å². The number of benzene rings is 3. The number of hydrogen-bond donors (Lipinski definition) is 4. The van der Waals surface area contributed by atoms with Gasteiger partial charge in [-0.2, -0.15) is 0 Å². The Morgan fingerprint density at radius 1 is 0.855 bits per heavy atom. The lowest BCUT2D eigenvalue weighted by Gasteiger charge is -2.35. The van der Waals surface area contributed by atoms with Crippen LogP contribution in [0.1, 0.15) is 90.8 Å². The zero-order valence-corrected chi connectivity index (χ0v) is 41.8. The molecule has 3 aromatic heterocycles. The predicted molar refractivity (Wildman–Crippen MR) is 266 cm³/mol. The number of thiophene rings is 1. The number of fused-ring (bicyclic) bond motifs is 3. The standard InChI is InChI=1S/C51H57N9O7S2/c1-27-30(4)69-50-42(27)43(56-46(55-40(62)24-66-9)47-58-57-31(5)60(47)50)35-14-12-33(13-15-35)34-18-20-38(21-19-34)67-25-41(63)54-45(51(6,7)8)49(65)59-23-37(61)22-39(59)48(64)53-28(2)32-10-16-36(17-11-32)44-29(3)52-26-68-44/h10-21,26,28,37,39,45-46,61H,22-25H2,1-9H3,(H,53,64)(H,54,63)(H,55,62)/t28-,37+,39-,45?,46?/m0/s1. The van der Waals surface area contributed by atoms with Crippen LogP contribution in [-0.4, -0.2) is 104 Å². The second-order valence-corrected chi connectivity index (χ2v) is 20.6. The summed E-state index contributed by atoms with van der Waals surface area (Å²) in [6.07, 6.45) is -1.62. The van der Waals surface area contributed by atoms with Crippen LogP contribution >= 0.6 is 22.7 Å². The number of aryl methyl sites for hydroxylation is 3. The fourth-order valence-electron chi connectivity index (χ4n) is 8.68. The van der Waals surface area contributed by atoms with Gasteiger partial charge in [0, 0.05) is 36.1 Å². The van der Waals surface area contributed by atoms with Gasteiger partial charge in [-0.15, -0.1) is 32.9 Å². The number of hydrogen-bond acceptors (Lipinski definition) is 13. The first-order valence-electron chi connectivity index (χ1n) is 22.7. The van der Waals surface area contributed by atoms with Crippen molar-refractivity contribution in [3.63, 3.8) is 0 Å². The molecule has 0 spiro atoms. The van der Waals surface area contributed by atoms with Crippen molar-refractivity contribution in [2.45, 2.75) is 92.2 Å². The van der Waals surface area contributed by atoms with E-state index < -0.39 is 41.6 Å². The maximum atomic E-state index is 14.2. The number of ether oxygens (including phenoxy) is 2. The zero-order valence-electron chi connectivity index (χ0n) is 40.1. The third-order valence-electron chi connectivity index (χ3n) is 12.5. The molecule has 360 valence electrons. The smallest absolute Gasteiger partial charge is 0.258 e. The summed E-state index contributed by atoms with van der Waals surface area (Å²) in [6.45, 7) is 14.9. The number of nitrogens with zero attached hydrogens (tertiary/aromatic N) is 6. The zero-order chi connectivity index (χ0) is 49.3. The van der Waals surface area contributed by atoms with Crippen molar-refractivity contribution in [2.75, 3.05) is 26.9 Å². The molecule has 3 aromatic carbocycles. The first-order valence-corrected chi connectivity index (χ1v) is 24.4. The van der Waals surface area contributed by atoms with Gasteiger partial charge in [0.05, 0.1) is 33.9 Å². The number of aliphatic imine (C=N–C) groups is 1. The Bertz CT molecular complexity index is 2900. The van der Waals surface area contributed by atoms with Crippen LogP contribution < -0.4 is 20.7 Å². The minimum atomic E-state index is -1.01. The van der Waals surface area contributed by atoms with Crippen molar-refractivity contribution in [3.8, 4) is 32.3 Å². The fraction of sp³-hybridized carbons (Fsp3) is 0.373. The number of carbonyl (C=O) groups excluding carboxylic acids is 4. The molecule has 69 heavy (non-hydrogen) atoms. The molecule has 6 aromatic rings. The van der Waals surface area contributed by atoms with Gasteiger partial charge in [0.1, 0.15) is 35.3 Å². The van der Waals surface area contributed by atoms with Crippen molar-refractivity contribution >= 4 is 52.0 Å². The highest BCUT2D eigenvalue weighted by molar-refractivity contribution is 7.15. The Morgan fingerprint density at radius 2 is 1.51 bits per heavy atom. The Labute approximate surface area is 409 Å². The van der Waals surface area contributed by atoms with E-state index in [1.54, 1.807) is 34.8 Å². The summed E-state index contributed by atoms with van der Waals surface area (Å²) in [5.74, 6) is -0.0220. The van der Waals surface area contributed by atoms with Gasteiger partial charge in [0.25, 0.3) is 5.91 Å². The molecule has 4 N–H and O–H groups in total. The highest BCUT2D eigenvalue weighted by Gasteiger charge is 2.45. The van der Waals surface area contributed by atoms with Gasteiger partial charge in [-0.25, -0.2) is 4.98 Å². The lowest BCUT2D eigenvalue weighted by molar-refractivity contribution is -0.144. The van der Waals surface area contributed by atoms with Gasteiger partial charge in [0.2, 0.25) is 17.7 Å². The molecule has 1 saturated heterocycles. The van der Waals surface area contributed by atoms with E-state index in [1.807, 2.05) is 112 Å². The molecule has 0 radical (unpaired) electrons. The number of thiazole rings is 1. The van der Waals surface area contributed by atoms with E-state index in [2.05, 4.69) is 45.0 Å². The van der Waals surface area contributed by atoms with Gasteiger partial charge < -0.3 is 35.4 Å². The van der Waals surface area contributed by atoms with Gasteiger partial charge in [-0.05, 0) is 80.0 Å². The molecule has 4 amide bonds. The summed E-state index contributed by atoms with van der Waals surface area (Å²) >= 11 is 3.20. The largest absolute Gasteiger partial charge is 0.484 e. The van der Waals surface area contributed by atoms with Crippen LogP contribution in [0, 0.1) is 33.1 Å². The Kier molecular flexibility index (Phi) is 14.3. The summed E-state index contributed by atoms with van der Waals surface area (Å²) < 4.78 is 12.9. The van der Waals surface area contributed by atoms with Crippen molar-refractivity contribution in [2.24, 2.45) is 10.4 Å². The Balaban J connectivity index is 0.906. The number of aliphatic hydroxyl groups excluding tert-OH is 1. The molecule has 2 aliphatic rings. The van der Waals surface area contributed by atoms with Crippen molar-refractivity contribution in [1.29, 1.82) is 0 Å². The predicted octanol–water partition coefficient (Wildman–Crippen LogP) is 6.71. The summed E-state index contributed by atoms with van der Waals surface area (Å²) in [6, 6.07) is 21.0. The minimum absolute atomic E-state index is 0.0361. The van der Waals surface area contributed by atoms with E-state index in [0.29, 0.717) is 17.4 Å². The first-order chi connectivity index (χ1) is 32.9. The highest BCUT2D eigenvalue weighted by atomic mass is 32.1. The molecule has 2 unspecified atom stereocenters. The average Bonchev–Trinajstić information content (AvgIpc) is 4.09. The number of rotatable bonds is 14. The molecular formula is C51H57N9O7S2. The van der Waals surface area contributed by atoms with E-state index in [4.69, 9.17) is 14.5 Å². The molecular weight excluding hydrogens is 915 g/mol. The molecule has 1 fully saturated rings. The molecule has 16 nitrogen and oxygen atoms in total. The van der Waals surface area contributed by atoms with Crippen LogP contribution in [-0.2, 0) is 23.9 Å². The van der Waals surface area contributed by atoms with Gasteiger partial charge in [-0.1, -0.05) is 81.4 Å². The number of carbonyl (C=O) groups is 4. The summed E-state index contributed by atoms with van der Waals surface area (Å²) in [5, 5.41) is 29.2. The van der Waals surface area contributed by atoms with E-state index in [-0.39, 0.29) is 44.0 Å². The lowest BCUT2D eigenvalue weighted by Crippen LogP contribution is -2.58. The normalized spacial score (nSPS) is 17.5. The second kappa shape index (κ2) is 20.2. The third kappa shape index (κ3) is 10.4. The van der Waals surface area contributed by atoms with Gasteiger partial charge >= 0.3 is 0 Å². The van der Waals surface area contributed by atoms with Crippen LogP contribution in [0.25, 0.3) is 26.6 Å². The van der Waals surface area contributed by atoms with Crippen LogP contribution in [0.5, 0.6) is 5.75 Å². The molecule has 0 aliphatic carbocycles. The van der Waals surface area contributed by atoms with Crippen LogP contribution in [0.3, 0.4) is 0 Å². The first kappa shape index (κ1) is 48.8. The van der Waals surface area contributed by atoms with Crippen LogP contribution in [0.4, 0.5) is 0 Å². The van der Waals surface area contributed by atoms with Crippen LogP contribution in [0.2, 0.25) is 0 Å². The quantitative estimate of drug-likeness (QED) is 0.0909. The van der Waals surface area contributed by atoms with E-state index >= 15 is 0 Å². The molecule has 5 atom stereocenters. The van der Waals surface area contributed by atoms with E-state index in [0.717, 1.165) is 65.1 Å². The summed E-state index contributed by atoms with van der Waals surface area (Å²) in [4.78, 5) is 67.2. The number of β-amino-alcohol motifs (C(OH)–C–C–N with tert-alkyl or cyclic N) is 1. The SMILES string of the molecule is COCC(=O)NC1N=C(c2ccc(-c3ccc(OCC(=O)NC(C(=O)N4C[C@H](O)C[C@H]4C(=O)N[C@@H](C)c4ccc(-c5scnc5C)cc4)C(C)(C)C)cc3)cc2)c2c(sc(C)c2C)-n2c(C)nnc21. The van der Waals surface area contributed by atoms with Crippen molar-refractivity contribution < 1.29 is 33.8 Å². The molecule has 18 heteroatoms. The Morgan fingerprint density at radius 3 is 2.14 bits per heavy atom. The maximum absolute atomic E-state index is 14.2. The average molecular weight is 972 g/mol. The number of amides is 4. The molecule has 2 aliphatic heterocycles. The molecule has 5 heterocycles. The number of likely N-dealkylation sites (tertiary alicyclic amines) is 1. The fourth-order valence-corrected chi connectivity index (χ4v) is 10.7. The van der Waals surface area contributed by atoms with Gasteiger partial charge in [-0.3, -0.25) is 28.7 Å². The molecule has 0 saturated carbocycles. The second-order valence-electron chi connectivity index (χ2n) is 18.6. The number of aromatic nitrogens is 4. The number of aliphatic hydroxyl groups is 1. The van der Waals surface area contributed by atoms with E-state index in [9.17, 15) is 24.3 Å². The lowest BCUT2D eigenvalue weighted by atomic mass is 9.85. The number of methoxy groups -OCH3 is 1. The summed E-state index contributed by atoms with van der Waals surface area (Å²) in [7, 11) is 1.46. The Hall–Kier alpha value is -6.60.